The van der Waals surface area contributed by atoms with Gasteiger partial charge in [0.25, 0.3) is 5.89 Å². The van der Waals surface area contributed by atoms with Crippen LogP contribution < -0.4 is 10.1 Å². The van der Waals surface area contributed by atoms with E-state index in [1.807, 2.05) is 32.0 Å². The summed E-state index contributed by atoms with van der Waals surface area (Å²) in [5.41, 5.74) is 4.38. The van der Waals surface area contributed by atoms with Crippen LogP contribution in [0.15, 0.2) is 40.9 Å². The van der Waals surface area contributed by atoms with Gasteiger partial charge in [-0.05, 0) is 56.0 Å². The summed E-state index contributed by atoms with van der Waals surface area (Å²) in [6.07, 6.45) is 1.22. The second-order valence-electron chi connectivity index (χ2n) is 8.07. The molecular formula is C24H25ClN4O3. The molecule has 0 radical (unpaired) electrons. The lowest BCUT2D eigenvalue weighted by atomic mass is 10.0. The number of rotatable bonds is 8. The quantitative estimate of drug-likeness (QED) is 0.373. The topological polar surface area (TPSA) is 84.8 Å². The number of aliphatic hydroxyl groups excluding tert-OH is 1. The first-order chi connectivity index (χ1) is 15.5. The maximum absolute atomic E-state index is 9.75. The molecule has 2 N–H and O–H groups in total. The molecule has 1 aliphatic carbocycles. The lowest BCUT2D eigenvalue weighted by molar-refractivity contribution is 0.189. The average molecular weight is 453 g/mol. The highest BCUT2D eigenvalue weighted by Crippen LogP contribution is 2.38. The van der Waals surface area contributed by atoms with Gasteiger partial charge in [0.15, 0.2) is 0 Å². The molecule has 32 heavy (non-hydrogen) atoms. The van der Waals surface area contributed by atoms with Crippen LogP contribution in [0.25, 0.3) is 27.7 Å². The van der Waals surface area contributed by atoms with Gasteiger partial charge in [-0.3, -0.25) is 0 Å². The van der Waals surface area contributed by atoms with Crippen LogP contribution in [-0.2, 0) is 6.42 Å². The Morgan fingerprint density at radius 1 is 1.34 bits per heavy atom. The molecule has 1 heterocycles. The SMILES string of the molecule is [C-]#[N+]c1cc(-c2nc(-c3cccc4c3CC[C@H]4NCC(O)CCl)no2)ccc1OC(C)C. The summed E-state index contributed by atoms with van der Waals surface area (Å²) in [6, 6.07) is 11.5. The summed E-state index contributed by atoms with van der Waals surface area (Å²) in [4.78, 5) is 8.18. The van der Waals surface area contributed by atoms with Crippen LogP contribution in [0.1, 0.15) is 37.4 Å². The minimum Gasteiger partial charge on any atom is -0.502 e. The van der Waals surface area contributed by atoms with Crippen LogP contribution in [0.5, 0.6) is 5.75 Å². The fourth-order valence-corrected chi connectivity index (χ4v) is 4.06. The van der Waals surface area contributed by atoms with E-state index in [4.69, 9.17) is 27.4 Å². The normalized spacial score (nSPS) is 16.1. The Morgan fingerprint density at radius 2 is 2.19 bits per heavy atom. The van der Waals surface area contributed by atoms with E-state index in [2.05, 4.69) is 26.4 Å². The predicted molar refractivity (Wildman–Crippen MR) is 123 cm³/mol. The van der Waals surface area contributed by atoms with Crippen molar-refractivity contribution in [3.8, 4) is 28.6 Å². The molecule has 1 unspecified atom stereocenters. The molecule has 7 nitrogen and oxygen atoms in total. The summed E-state index contributed by atoms with van der Waals surface area (Å²) in [6.45, 7) is 11.7. The van der Waals surface area contributed by atoms with Crippen LogP contribution in [0.2, 0.25) is 0 Å². The second-order valence-corrected chi connectivity index (χ2v) is 8.37. The summed E-state index contributed by atoms with van der Waals surface area (Å²) < 4.78 is 11.2. The third-order valence-electron chi connectivity index (χ3n) is 5.40. The Bertz CT molecular complexity index is 1140. The molecule has 4 rings (SSSR count). The first-order valence-corrected chi connectivity index (χ1v) is 11.2. The van der Waals surface area contributed by atoms with Crippen molar-refractivity contribution in [2.24, 2.45) is 0 Å². The second kappa shape index (κ2) is 9.70. The summed E-state index contributed by atoms with van der Waals surface area (Å²) in [5, 5.41) is 17.4. The summed E-state index contributed by atoms with van der Waals surface area (Å²) in [7, 11) is 0. The van der Waals surface area contributed by atoms with Gasteiger partial charge < -0.3 is 19.7 Å². The average Bonchev–Trinajstić information content (AvgIpc) is 3.44. The van der Waals surface area contributed by atoms with Gasteiger partial charge in [-0.2, -0.15) is 4.98 Å². The van der Waals surface area contributed by atoms with Crippen LogP contribution in [0.4, 0.5) is 5.69 Å². The fraction of sp³-hybridized carbons (Fsp3) is 0.375. The Kier molecular flexibility index (Phi) is 6.75. The minimum atomic E-state index is -0.568. The maximum Gasteiger partial charge on any atom is 0.256 e. The number of ether oxygens (including phenoxy) is 1. The van der Waals surface area contributed by atoms with Gasteiger partial charge in [0.05, 0.1) is 18.8 Å². The van der Waals surface area contributed by atoms with Crippen LogP contribution in [0.3, 0.4) is 0 Å². The highest BCUT2D eigenvalue weighted by molar-refractivity contribution is 6.18. The Balaban J connectivity index is 1.59. The van der Waals surface area contributed by atoms with Crippen molar-refractivity contribution in [3.05, 3.63) is 58.9 Å². The number of hydrogen-bond acceptors (Lipinski definition) is 6. The third-order valence-corrected chi connectivity index (χ3v) is 5.76. The molecule has 0 saturated heterocycles. The lowest BCUT2D eigenvalue weighted by Gasteiger charge is -2.16. The monoisotopic (exact) mass is 452 g/mol. The van der Waals surface area contributed by atoms with E-state index in [9.17, 15) is 5.11 Å². The number of aromatic nitrogens is 2. The zero-order valence-electron chi connectivity index (χ0n) is 18.0. The van der Waals surface area contributed by atoms with E-state index in [0.29, 0.717) is 35.3 Å². The Morgan fingerprint density at radius 3 is 2.94 bits per heavy atom. The zero-order valence-corrected chi connectivity index (χ0v) is 18.8. The van der Waals surface area contributed by atoms with E-state index in [0.717, 1.165) is 18.4 Å². The van der Waals surface area contributed by atoms with Gasteiger partial charge in [0, 0.05) is 29.6 Å². The van der Waals surface area contributed by atoms with Gasteiger partial charge in [-0.15, -0.1) is 11.6 Å². The van der Waals surface area contributed by atoms with Gasteiger partial charge in [-0.1, -0.05) is 23.4 Å². The molecule has 0 amide bonds. The maximum atomic E-state index is 9.75. The predicted octanol–water partition coefficient (Wildman–Crippen LogP) is 4.92. The third kappa shape index (κ3) is 4.63. The number of hydrogen-bond donors (Lipinski definition) is 2. The standard InChI is InChI=1S/C24H25ClN4O3/c1-14(2)31-22-10-7-15(11-21(22)26-3)24-28-23(29-32-24)19-6-4-5-18-17(19)8-9-20(18)27-13-16(30)12-25/h4-7,10-11,14,16,20,27,30H,8-9,12-13H2,1-2H3/t16?,20-/m1/s1. The van der Waals surface area contributed by atoms with E-state index < -0.39 is 6.10 Å². The van der Waals surface area contributed by atoms with Crippen LogP contribution in [0, 0.1) is 6.57 Å². The first-order valence-electron chi connectivity index (χ1n) is 10.6. The molecule has 166 valence electrons. The van der Waals surface area contributed by atoms with Gasteiger partial charge >= 0.3 is 0 Å². The number of nitrogens with one attached hydrogen (secondary N) is 1. The molecule has 0 saturated carbocycles. The Labute approximate surface area is 192 Å². The molecule has 8 heteroatoms. The van der Waals surface area contributed by atoms with E-state index in [-0.39, 0.29) is 18.0 Å². The van der Waals surface area contributed by atoms with Crippen LogP contribution >= 0.6 is 11.6 Å². The number of nitrogens with zero attached hydrogens (tertiary/aromatic N) is 3. The number of alkyl halides is 1. The molecule has 3 aromatic rings. The molecule has 1 aliphatic rings. The molecule has 0 spiro atoms. The van der Waals surface area contributed by atoms with Gasteiger partial charge in [-0.25, -0.2) is 4.85 Å². The van der Waals surface area contributed by atoms with Crippen molar-refractivity contribution in [1.29, 1.82) is 0 Å². The lowest BCUT2D eigenvalue weighted by Crippen LogP contribution is -2.30. The zero-order chi connectivity index (χ0) is 22.7. The van der Waals surface area contributed by atoms with E-state index >= 15 is 0 Å². The largest absolute Gasteiger partial charge is 0.502 e. The van der Waals surface area contributed by atoms with Crippen molar-refractivity contribution in [2.75, 3.05) is 12.4 Å². The van der Waals surface area contributed by atoms with Crippen molar-refractivity contribution in [1.82, 2.24) is 15.5 Å². The fourth-order valence-electron chi connectivity index (χ4n) is 3.95. The summed E-state index contributed by atoms with van der Waals surface area (Å²) >= 11 is 5.71. The number of fused-ring (bicyclic) bond motifs is 1. The minimum absolute atomic E-state index is 0.0203. The van der Waals surface area contributed by atoms with Crippen molar-refractivity contribution < 1.29 is 14.4 Å². The number of aliphatic hydroxyl groups is 1. The summed E-state index contributed by atoms with van der Waals surface area (Å²) in [5.74, 6) is 1.62. The number of benzene rings is 2. The molecule has 0 bridgehead atoms. The molecule has 1 aromatic heterocycles. The van der Waals surface area contributed by atoms with E-state index in [1.165, 1.54) is 11.1 Å². The molecular weight excluding hydrogens is 428 g/mol. The molecule has 0 aliphatic heterocycles. The Hall–Kier alpha value is -2.92. The van der Waals surface area contributed by atoms with Crippen molar-refractivity contribution >= 4 is 17.3 Å². The van der Waals surface area contributed by atoms with Crippen LogP contribution in [-0.4, -0.2) is 39.9 Å². The van der Waals surface area contributed by atoms with Crippen molar-refractivity contribution in [2.45, 2.75) is 44.9 Å². The number of halogens is 1. The van der Waals surface area contributed by atoms with Gasteiger partial charge in [0.1, 0.15) is 5.75 Å². The van der Waals surface area contributed by atoms with Gasteiger partial charge in [0.2, 0.25) is 11.5 Å². The smallest absolute Gasteiger partial charge is 0.256 e. The first kappa shape index (κ1) is 22.3. The van der Waals surface area contributed by atoms with E-state index in [1.54, 1.807) is 12.1 Å². The highest BCUT2D eigenvalue weighted by Gasteiger charge is 2.26. The molecule has 2 aromatic carbocycles. The molecule has 0 fully saturated rings. The highest BCUT2D eigenvalue weighted by atomic mass is 35.5. The van der Waals surface area contributed by atoms with Crippen molar-refractivity contribution in [3.63, 3.8) is 0 Å². The molecule has 2 atom stereocenters.